The molecule has 19 heteroatoms. The molecule has 0 aliphatic carbocycles. The van der Waals surface area contributed by atoms with Gasteiger partial charge >= 0.3 is 39.5 Å². The number of phosphoric acid groups is 2. The van der Waals surface area contributed by atoms with Gasteiger partial charge < -0.3 is 33.8 Å². The van der Waals surface area contributed by atoms with Gasteiger partial charge in [0.15, 0.2) is 12.2 Å². The van der Waals surface area contributed by atoms with Gasteiger partial charge in [-0.3, -0.25) is 37.3 Å². The van der Waals surface area contributed by atoms with Gasteiger partial charge in [-0.2, -0.15) is 0 Å². The molecule has 0 aromatic carbocycles. The third-order valence-corrected chi connectivity index (χ3v) is 22.2. The molecule has 0 aliphatic heterocycles. The summed E-state index contributed by atoms with van der Waals surface area (Å²) in [5, 5.41) is 10.7. The fourth-order valence-electron chi connectivity index (χ4n) is 13.5. The number of carbonyl (C=O) groups is 4. The lowest BCUT2D eigenvalue weighted by Crippen LogP contribution is -2.30. The molecule has 0 fully saturated rings. The summed E-state index contributed by atoms with van der Waals surface area (Å²) in [6.07, 6.45) is 72.1. The van der Waals surface area contributed by atoms with Crippen LogP contribution in [-0.4, -0.2) is 96.7 Å². The molecule has 0 aromatic rings. The van der Waals surface area contributed by atoms with Crippen LogP contribution in [0.15, 0.2) is 0 Å². The molecule has 105 heavy (non-hydrogen) atoms. The first-order valence-corrected chi connectivity index (χ1v) is 47.6. The third kappa shape index (κ3) is 79.9. The lowest BCUT2D eigenvalue weighted by Gasteiger charge is -2.21. The first kappa shape index (κ1) is 103. The van der Waals surface area contributed by atoms with Gasteiger partial charge in [-0.25, -0.2) is 9.13 Å². The molecule has 0 saturated carbocycles. The predicted molar refractivity (Wildman–Crippen MR) is 432 cm³/mol. The average molecular weight is 1540 g/mol. The summed E-state index contributed by atoms with van der Waals surface area (Å²) in [5.74, 6) is -1.30. The maximum Gasteiger partial charge on any atom is 0.472 e. The van der Waals surface area contributed by atoms with Crippen LogP contribution in [0.2, 0.25) is 0 Å². The molecule has 5 atom stereocenters. The normalized spacial score (nSPS) is 13.8. The molecule has 0 heterocycles. The molecule has 0 spiro atoms. The van der Waals surface area contributed by atoms with Gasteiger partial charge in [0.25, 0.3) is 0 Å². The molecule has 0 aromatic heterocycles. The van der Waals surface area contributed by atoms with Gasteiger partial charge in [0, 0.05) is 25.7 Å². The number of phosphoric ester groups is 2. The van der Waals surface area contributed by atoms with Crippen molar-refractivity contribution in [2.45, 2.75) is 483 Å². The summed E-state index contributed by atoms with van der Waals surface area (Å²) in [4.78, 5) is 73.2. The van der Waals surface area contributed by atoms with Crippen molar-refractivity contribution in [1.82, 2.24) is 0 Å². The third-order valence-electron chi connectivity index (χ3n) is 20.3. The molecule has 0 rings (SSSR count). The Hall–Kier alpha value is -1.94. The Balaban J connectivity index is 5.23. The van der Waals surface area contributed by atoms with Crippen molar-refractivity contribution in [3.05, 3.63) is 0 Å². The number of carbonyl (C=O) groups excluding carboxylic acids is 4. The monoisotopic (exact) mass is 1540 g/mol. The van der Waals surface area contributed by atoms with Crippen molar-refractivity contribution in [2.75, 3.05) is 39.6 Å². The number of unbranched alkanes of at least 4 members (excludes halogenated alkanes) is 58. The lowest BCUT2D eigenvalue weighted by molar-refractivity contribution is -0.161. The van der Waals surface area contributed by atoms with Crippen LogP contribution in [0.1, 0.15) is 465 Å². The summed E-state index contributed by atoms with van der Waals surface area (Å²) in [5.41, 5.74) is 0. The van der Waals surface area contributed by atoms with Crippen LogP contribution in [0, 0.1) is 5.92 Å². The first-order chi connectivity index (χ1) is 51.0. The van der Waals surface area contributed by atoms with Crippen LogP contribution in [0.5, 0.6) is 0 Å². The van der Waals surface area contributed by atoms with E-state index in [4.69, 9.17) is 37.0 Å². The molecule has 0 saturated heterocycles. The molecule has 0 bridgehead atoms. The zero-order valence-electron chi connectivity index (χ0n) is 68.9. The summed E-state index contributed by atoms with van der Waals surface area (Å²) < 4.78 is 68.9. The van der Waals surface area contributed by atoms with Crippen molar-refractivity contribution in [1.29, 1.82) is 0 Å². The van der Waals surface area contributed by atoms with Crippen molar-refractivity contribution in [2.24, 2.45) is 5.92 Å². The Morgan fingerprint density at radius 2 is 0.438 bits per heavy atom. The van der Waals surface area contributed by atoms with Gasteiger partial charge in [-0.1, -0.05) is 413 Å². The highest BCUT2D eigenvalue weighted by Gasteiger charge is 2.30. The number of hydrogen-bond donors (Lipinski definition) is 3. The second-order valence-corrected chi connectivity index (χ2v) is 34.3. The highest BCUT2D eigenvalue weighted by molar-refractivity contribution is 7.47. The van der Waals surface area contributed by atoms with Gasteiger partial charge in [0.2, 0.25) is 0 Å². The Labute approximate surface area is 645 Å². The average Bonchev–Trinajstić information content (AvgIpc) is 0.910. The van der Waals surface area contributed by atoms with Crippen LogP contribution in [0.3, 0.4) is 0 Å². The predicted octanol–water partition coefficient (Wildman–Crippen LogP) is 26.4. The van der Waals surface area contributed by atoms with E-state index < -0.39 is 97.5 Å². The summed E-state index contributed by atoms with van der Waals surface area (Å²) in [6, 6.07) is 0. The van der Waals surface area contributed by atoms with Gasteiger partial charge in [0.1, 0.15) is 19.3 Å². The van der Waals surface area contributed by atoms with Gasteiger partial charge in [0.05, 0.1) is 26.4 Å². The number of ether oxygens (including phenoxy) is 4. The zero-order chi connectivity index (χ0) is 76.9. The molecule has 2 unspecified atom stereocenters. The van der Waals surface area contributed by atoms with Crippen molar-refractivity contribution in [3.8, 4) is 0 Å². The van der Waals surface area contributed by atoms with Crippen molar-refractivity contribution in [3.63, 3.8) is 0 Å². The van der Waals surface area contributed by atoms with E-state index in [1.807, 2.05) is 0 Å². The van der Waals surface area contributed by atoms with E-state index in [0.29, 0.717) is 25.7 Å². The highest BCUT2D eigenvalue weighted by atomic mass is 31.2. The molecule has 0 radical (unpaired) electrons. The maximum atomic E-state index is 13.1. The van der Waals surface area contributed by atoms with Crippen LogP contribution in [0.25, 0.3) is 0 Å². The molecule has 3 N–H and O–H groups in total. The van der Waals surface area contributed by atoms with Gasteiger partial charge in [-0.15, -0.1) is 0 Å². The van der Waals surface area contributed by atoms with Crippen LogP contribution < -0.4 is 0 Å². The fraction of sp³-hybridized carbons (Fsp3) is 0.953. The second kappa shape index (κ2) is 78.7. The lowest BCUT2D eigenvalue weighted by atomic mass is 10.0. The second-order valence-electron chi connectivity index (χ2n) is 31.4. The number of hydrogen-bond acceptors (Lipinski definition) is 15. The number of esters is 4. The number of aliphatic hydroxyl groups is 1. The first-order valence-electron chi connectivity index (χ1n) is 44.6. The van der Waals surface area contributed by atoms with Gasteiger partial charge in [-0.05, 0) is 31.6 Å². The zero-order valence-corrected chi connectivity index (χ0v) is 70.7. The Morgan fingerprint density at radius 1 is 0.257 bits per heavy atom. The molecule has 0 aliphatic rings. The Kier molecular flexibility index (Phi) is 77.3. The van der Waals surface area contributed by atoms with E-state index in [2.05, 4.69) is 34.6 Å². The van der Waals surface area contributed by atoms with Crippen molar-refractivity contribution < 1.29 is 80.2 Å². The minimum atomic E-state index is -4.97. The maximum absolute atomic E-state index is 13.1. The van der Waals surface area contributed by atoms with E-state index in [-0.39, 0.29) is 25.7 Å². The van der Waals surface area contributed by atoms with Crippen molar-refractivity contribution >= 4 is 39.5 Å². The number of rotatable bonds is 86. The minimum absolute atomic E-state index is 0.109. The molecule has 0 amide bonds. The van der Waals surface area contributed by atoms with E-state index in [9.17, 15) is 43.2 Å². The summed E-state index contributed by atoms with van der Waals surface area (Å²) in [6.45, 7) is 7.39. The SMILES string of the molecule is CCCCCCCCCCCCCCCCCCCCCCCCC(=O)O[C@H](COC(=O)CCCCCCCCCCCCCCCCC(C)C)COP(=O)(O)OC[C@@H](O)COP(=O)(O)OC[C@@H](COC(=O)CCCCCCCCCCCCCCC)OC(=O)CCCCCCCCCCCCCCC. The topological polar surface area (TPSA) is 237 Å². The quantitative estimate of drug-likeness (QED) is 0.0222. The Morgan fingerprint density at radius 3 is 0.648 bits per heavy atom. The van der Waals surface area contributed by atoms with E-state index >= 15 is 0 Å². The van der Waals surface area contributed by atoms with E-state index in [1.54, 1.807) is 0 Å². The molecular weight excluding hydrogens is 1370 g/mol. The molecular formula is C86H168O17P2. The van der Waals surface area contributed by atoms with Crippen LogP contribution >= 0.6 is 15.6 Å². The van der Waals surface area contributed by atoms with Crippen LogP contribution in [0.4, 0.5) is 0 Å². The van der Waals surface area contributed by atoms with E-state index in [1.165, 1.54) is 289 Å². The largest absolute Gasteiger partial charge is 0.472 e. The summed E-state index contributed by atoms with van der Waals surface area (Å²) in [7, 11) is -9.93. The smallest absolute Gasteiger partial charge is 0.462 e. The number of aliphatic hydroxyl groups excluding tert-OH is 1. The Bertz CT molecular complexity index is 2000. The summed E-state index contributed by atoms with van der Waals surface area (Å²) >= 11 is 0. The molecule has 624 valence electrons. The molecule has 17 nitrogen and oxygen atoms in total. The van der Waals surface area contributed by atoms with E-state index in [0.717, 1.165) is 95.8 Å². The highest BCUT2D eigenvalue weighted by Crippen LogP contribution is 2.45. The standard InChI is InChI=1S/C86H168O17P2/c1-6-9-12-15-18-21-24-27-28-29-30-31-32-33-34-35-42-47-52-57-62-67-72-86(91)103-82(76-97-84(89)70-65-60-55-50-45-41-37-36-40-43-48-53-58-63-68-79(4)5)78-101-105(94,95)99-74-80(87)73-98-104(92,93)100-77-81(102-85(90)71-66-61-56-51-46-39-26-23-20-17-14-11-8-3)75-96-83(88)69-64-59-54-49-44-38-25-22-19-16-13-10-7-2/h79-82,87H,6-78H2,1-5H3,(H,92,93)(H,94,95)/t80-,81+,82+/m0/s1. The minimum Gasteiger partial charge on any atom is -0.462 e. The fourth-order valence-corrected chi connectivity index (χ4v) is 15.1. The van der Waals surface area contributed by atoms with Crippen LogP contribution in [-0.2, 0) is 65.4 Å².